The van der Waals surface area contributed by atoms with Gasteiger partial charge in [-0.2, -0.15) is 13.2 Å². The molecule has 1 aromatic carbocycles. The molecule has 0 saturated carbocycles. The predicted octanol–water partition coefficient (Wildman–Crippen LogP) is 3.32. The molecule has 0 aliphatic rings. The van der Waals surface area contributed by atoms with Crippen LogP contribution in [0.5, 0.6) is 0 Å². The minimum absolute atomic E-state index is 0.0651. The van der Waals surface area contributed by atoms with E-state index in [0.29, 0.717) is 11.1 Å². The van der Waals surface area contributed by atoms with E-state index in [-0.39, 0.29) is 17.8 Å². The molecule has 2 aromatic heterocycles. The molecule has 23 heavy (non-hydrogen) atoms. The van der Waals surface area contributed by atoms with Crippen molar-refractivity contribution in [3.63, 3.8) is 0 Å². The molecule has 0 aliphatic carbocycles. The van der Waals surface area contributed by atoms with E-state index in [4.69, 9.17) is 0 Å². The molecule has 3 aromatic rings. The van der Waals surface area contributed by atoms with E-state index in [1.807, 2.05) is 0 Å². The van der Waals surface area contributed by atoms with Crippen molar-refractivity contribution in [2.75, 3.05) is 0 Å². The van der Waals surface area contributed by atoms with Crippen molar-refractivity contribution in [1.82, 2.24) is 14.6 Å². The van der Waals surface area contributed by atoms with Crippen molar-refractivity contribution in [2.45, 2.75) is 19.0 Å². The number of hydrogen-bond donors (Lipinski definition) is 1. The van der Waals surface area contributed by atoms with E-state index >= 15 is 0 Å². The molecule has 8 heteroatoms. The quantitative estimate of drug-likeness (QED) is 0.751. The third-order valence-electron chi connectivity index (χ3n) is 3.37. The van der Waals surface area contributed by atoms with Crippen LogP contribution in [0, 0.1) is 5.82 Å². The second-order valence-electron chi connectivity index (χ2n) is 5.05. The lowest BCUT2D eigenvalue weighted by atomic mass is 10.1. The molecular formula is C15H11F4N3O. The maximum Gasteiger partial charge on any atom is 0.389 e. The molecule has 3 rings (SSSR count). The third kappa shape index (κ3) is 3.25. The number of nitrogens with one attached hydrogen (secondary N) is 1. The Labute approximate surface area is 127 Å². The first kappa shape index (κ1) is 15.3. The minimum atomic E-state index is -4.31. The third-order valence-corrected chi connectivity index (χ3v) is 3.37. The van der Waals surface area contributed by atoms with Crippen molar-refractivity contribution in [2.24, 2.45) is 0 Å². The van der Waals surface area contributed by atoms with Crippen molar-refractivity contribution >= 4 is 5.65 Å². The number of nitrogens with zero attached hydrogens (tertiary/aromatic N) is 2. The molecule has 0 amide bonds. The van der Waals surface area contributed by atoms with Gasteiger partial charge >= 0.3 is 6.18 Å². The smallest absolute Gasteiger partial charge is 0.296 e. The Kier molecular flexibility index (Phi) is 3.67. The highest BCUT2D eigenvalue weighted by Gasteiger charge is 2.27. The Morgan fingerprint density at radius 3 is 2.52 bits per heavy atom. The minimum Gasteiger partial charge on any atom is -0.296 e. The maximum atomic E-state index is 13.0. The lowest BCUT2D eigenvalue weighted by Gasteiger charge is -2.06. The van der Waals surface area contributed by atoms with Gasteiger partial charge < -0.3 is 0 Å². The number of alkyl halides is 3. The van der Waals surface area contributed by atoms with Gasteiger partial charge in [0.1, 0.15) is 5.82 Å². The first-order valence-corrected chi connectivity index (χ1v) is 6.76. The number of halogens is 4. The number of H-pyrrole nitrogens is 1. The fourth-order valence-electron chi connectivity index (χ4n) is 2.27. The van der Waals surface area contributed by atoms with Crippen molar-refractivity contribution in [3.8, 4) is 11.1 Å². The van der Waals surface area contributed by atoms with Crippen LogP contribution in [-0.4, -0.2) is 20.8 Å². The SMILES string of the molecule is O=c1cc(CCC(F)(F)F)nc2c(-c3ccc(F)cc3)c[nH]n12. The normalized spacial score (nSPS) is 12.0. The van der Waals surface area contributed by atoms with Gasteiger partial charge in [-0.15, -0.1) is 0 Å². The second kappa shape index (κ2) is 5.53. The summed E-state index contributed by atoms with van der Waals surface area (Å²) >= 11 is 0. The van der Waals surface area contributed by atoms with E-state index in [0.717, 1.165) is 10.6 Å². The summed E-state index contributed by atoms with van der Waals surface area (Å²) in [6.45, 7) is 0. The molecule has 0 spiro atoms. The van der Waals surface area contributed by atoms with Crippen LogP contribution in [-0.2, 0) is 6.42 Å². The Hall–Kier alpha value is -2.64. The standard InChI is InChI=1S/C15H11F4N3O/c16-10-3-1-9(2-4-10)12-8-20-22-13(23)7-11(21-14(12)22)5-6-15(17,18)19/h1-4,7-8,20H,5-6H2. The summed E-state index contributed by atoms with van der Waals surface area (Å²) in [5.74, 6) is -0.412. The van der Waals surface area contributed by atoms with E-state index < -0.39 is 24.0 Å². The summed E-state index contributed by atoms with van der Waals surface area (Å²) in [6, 6.07) is 6.60. The number of rotatable bonds is 3. The van der Waals surface area contributed by atoms with E-state index in [1.165, 1.54) is 30.5 Å². The average molecular weight is 325 g/mol. The second-order valence-corrected chi connectivity index (χ2v) is 5.05. The monoisotopic (exact) mass is 325 g/mol. The molecule has 0 radical (unpaired) electrons. The van der Waals surface area contributed by atoms with E-state index in [2.05, 4.69) is 10.1 Å². The summed E-state index contributed by atoms with van der Waals surface area (Å²) in [7, 11) is 0. The van der Waals surface area contributed by atoms with Gasteiger partial charge in [0.2, 0.25) is 0 Å². The van der Waals surface area contributed by atoms with Crippen LogP contribution in [0.2, 0.25) is 0 Å². The van der Waals surface area contributed by atoms with E-state index in [1.54, 1.807) is 0 Å². The summed E-state index contributed by atoms with van der Waals surface area (Å²) < 4.78 is 51.1. The first-order valence-electron chi connectivity index (χ1n) is 6.76. The van der Waals surface area contributed by atoms with Gasteiger partial charge in [0.05, 0.1) is 0 Å². The van der Waals surface area contributed by atoms with Crippen LogP contribution >= 0.6 is 0 Å². The highest BCUT2D eigenvalue weighted by atomic mass is 19.4. The number of hydrogen-bond acceptors (Lipinski definition) is 2. The Morgan fingerprint density at radius 1 is 1.17 bits per heavy atom. The molecule has 120 valence electrons. The van der Waals surface area contributed by atoms with Crippen LogP contribution in [0.3, 0.4) is 0 Å². The number of aromatic nitrogens is 3. The zero-order valence-corrected chi connectivity index (χ0v) is 11.7. The van der Waals surface area contributed by atoms with Crippen LogP contribution < -0.4 is 5.56 Å². The van der Waals surface area contributed by atoms with Gasteiger partial charge in [-0.05, 0) is 24.1 Å². The highest BCUT2D eigenvalue weighted by Crippen LogP contribution is 2.24. The number of fused-ring (bicyclic) bond motifs is 1. The van der Waals surface area contributed by atoms with Gasteiger partial charge in [0.15, 0.2) is 5.65 Å². The van der Waals surface area contributed by atoms with Gasteiger partial charge in [0.25, 0.3) is 5.56 Å². The van der Waals surface area contributed by atoms with Gasteiger partial charge in [-0.25, -0.2) is 13.9 Å². The van der Waals surface area contributed by atoms with Gasteiger partial charge in [-0.3, -0.25) is 9.89 Å². The molecule has 0 aliphatic heterocycles. The van der Waals surface area contributed by atoms with E-state index in [9.17, 15) is 22.4 Å². The Balaban J connectivity index is 2.05. The van der Waals surface area contributed by atoms with Crippen molar-refractivity contribution < 1.29 is 17.6 Å². The molecule has 0 fully saturated rings. The molecule has 1 N–H and O–H groups in total. The number of aryl methyl sites for hydroxylation is 1. The fraction of sp³-hybridized carbons (Fsp3) is 0.200. The number of aromatic amines is 1. The molecule has 0 atom stereocenters. The fourth-order valence-corrected chi connectivity index (χ4v) is 2.27. The zero-order valence-electron chi connectivity index (χ0n) is 11.7. The predicted molar refractivity (Wildman–Crippen MR) is 75.6 cm³/mol. The molecule has 0 unspecified atom stereocenters. The topological polar surface area (TPSA) is 50.2 Å². The van der Waals surface area contributed by atoms with Crippen LogP contribution in [0.1, 0.15) is 12.1 Å². The Morgan fingerprint density at radius 2 is 1.87 bits per heavy atom. The molecule has 0 bridgehead atoms. The summed E-state index contributed by atoms with van der Waals surface area (Å²) in [5.41, 5.74) is 0.887. The van der Waals surface area contributed by atoms with Gasteiger partial charge in [-0.1, -0.05) is 12.1 Å². The summed E-state index contributed by atoms with van der Waals surface area (Å²) in [4.78, 5) is 16.1. The molecule has 4 nitrogen and oxygen atoms in total. The van der Waals surface area contributed by atoms with Crippen LogP contribution in [0.4, 0.5) is 17.6 Å². The summed E-state index contributed by atoms with van der Waals surface area (Å²) in [6.07, 6.45) is -4.23. The van der Waals surface area contributed by atoms with Crippen molar-refractivity contribution in [1.29, 1.82) is 0 Å². The van der Waals surface area contributed by atoms with Crippen LogP contribution in [0.15, 0.2) is 41.3 Å². The van der Waals surface area contributed by atoms with Gasteiger partial charge in [0, 0.05) is 29.9 Å². The lowest BCUT2D eigenvalue weighted by molar-refractivity contribution is -0.134. The zero-order chi connectivity index (χ0) is 16.6. The average Bonchev–Trinajstić information content (AvgIpc) is 2.90. The number of benzene rings is 1. The first-order chi connectivity index (χ1) is 10.8. The highest BCUT2D eigenvalue weighted by molar-refractivity contribution is 5.76. The molecular weight excluding hydrogens is 314 g/mol. The van der Waals surface area contributed by atoms with Crippen molar-refractivity contribution in [3.05, 3.63) is 58.4 Å². The largest absolute Gasteiger partial charge is 0.389 e. The lowest BCUT2D eigenvalue weighted by Crippen LogP contribution is -2.17. The molecule has 2 heterocycles. The molecule has 0 saturated heterocycles. The summed E-state index contributed by atoms with van der Waals surface area (Å²) in [5, 5.41) is 2.69. The Bertz CT molecular complexity index is 894. The van der Waals surface area contributed by atoms with Crippen LogP contribution in [0.25, 0.3) is 16.8 Å². The maximum absolute atomic E-state index is 13.0.